The molecule has 0 radical (unpaired) electrons. The predicted molar refractivity (Wildman–Crippen MR) is 94.3 cm³/mol. The Bertz CT molecular complexity index is 758. The van der Waals surface area contributed by atoms with Gasteiger partial charge in [0.25, 0.3) is 0 Å². The number of carboxylic acids is 1. The highest BCUT2D eigenvalue weighted by atomic mass is 16.4. The molecular formula is C20H23NO4. The van der Waals surface area contributed by atoms with Gasteiger partial charge in [0, 0.05) is 11.3 Å². The Morgan fingerprint density at radius 3 is 2.00 bits per heavy atom. The van der Waals surface area contributed by atoms with E-state index < -0.39 is 17.8 Å². The lowest BCUT2D eigenvalue weighted by Crippen LogP contribution is -2.37. The van der Waals surface area contributed by atoms with Gasteiger partial charge in [-0.15, -0.1) is 0 Å². The lowest BCUT2D eigenvalue weighted by atomic mass is 9.78. The van der Waals surface area contributed by atoms with E-state index >= 15 is 0 Å². The molecule has 0 saturated heterocycles. The molecule has 2 fully saturated rings. The van der Waals surface area contributed by atoms with E-state index in [0.717, 1.165) is 18.4 Å². The van der Waals surface area contributed by atoms with Gasteiger partial charge in [-0.25, -0.2) is 0 Å². The molecule has 2 N–H and O–H groups in total. The zero-order valence-electron chi connectivity index (χ0n) is 14.7. The normalized spacial score (nSPS) is 27.2. The summed E-state index contributed by atoms with van der Waals surface area (Å²) in [6.45, 7) is 5.49. The number of carboxylic acid groups (broad SMARTS) is 1. The number of Topliss-reactive ketones (excluding diaryl/α,β-unsaturated/α-hetero) is 1. The minimum Gasteiger partial charge on any atom is -0.481 e. The largest absolute Gasteiger partial charge is 0.481 e. The zero-order valence-corrected chi connectivity index (χ0v) is 14.7. The third-order valence-electron chi connectivity index (χ3n) is 5.57. The maximum Gasteiger partial charge on any atom is 0.307 e. The van der Waals surface area contributed by atoms with Crippen molar-refractivity contribution in [3.05, 3.63) is 41.0 Å². The van der Waals surface area contributed by atoms with E-state index in [1.165, 1.54) is 12.5 Å². The molecule has 0 spiro atoms. The number of allylic oxidation sites excluding steroid dienone is 2. The van der Waals surface area contributed by atoms with Crippen molar-refractivity contribution >= 4 is 23.3 Å². The summed E-state index contributed by atoms with van der Waals surface area (Å²) in [4.78, 5) is 36.0. The van der Waals surface area contributed by atoms with Crippen LogP contribution in [0.4, 0.5) is 5.69 Å². The molecule has 2 bridgehead atoms. The van der Waals surface area contributed by atoms with Gasteiger partial charge in [0.1, 0.15) is 0 Å². The lowest BCUT2D eigenvalue weighted by Gasteiger charge is -2.26. The lowest BCUT2D eigenvalue weighted by molar-refractivity contribution is -0.148. The number of ketones is 1. The average molecular weight is 341 g/mol. The van der Waals surface area contributed by atoms with Crippen LogP contribution in [0.5, 0.6) is 0 Å². The number of aliphatic carboxylic acids is 1. The molecule has 132 valence electrons. The predicted octanol–water partition coefficient (Wildman–Crippen LogP) is 3.52. The molecule has 2 saturated carbocycles. The van der Waals surface area contributed by atoms with E-state index in [-0.39, 0.29) is 23.5 Å². The number of carbonyl (C=O) groups is 3. The summed E-state index contributed by atoms with van der Waals surface area (Å²) in [5.74, 6) is -2.36. The second-order valence-electron chi connectivity index (χ2n) is 7.26. The number of nitrogens with one attached hydrogen (secondary N) is 1. The minimum atomic E-state index is -0.891. The Kier molecular flexibility index (Phi) is 4.50. The van der Waals surface area contributed by atoms with Crippen LogP contribution in [0.25, 0.3) is 0 Å². The van der Waals surface area contributed by atoms with E-state index in [1.807, 2.05) is 13.8 Å². The minimum absolute atomic E-state index is 0.0209. The average Bonchev–Trinajstić information content (AvgIpc) is 3.11. The van der Waals surface area contributed by atoms with Gasteiger partial charge in [-0.2, -0.15) is 0 Å². The molecule has 0 heterocycles. The monoisotopic (exact) mass is 341 g/mol. The first-order valence-corrected chi connectivity index (χ1v) is 8.63. The first-order valence-electron chi connectivity index (χ1n) is 8.63. The van der Waals surface area contributed by atoms with Gasteiger partial charge in [-0.05, 0) is 69.7 Å². The quantitative estimate of drug-likeness (QED) is 0.648. The fraction of sp³-hybridized carbons (Fsp3) is 0.450. The molecular weight excluding hydrogens is 318 g/mol. The Morgan fingerprint density at radius 2 is 1.52 bits per heavy atom. The maximum absolute atomic E-state index is 12.8. The van der Waals surface area contributed by atoms with Gasteiger partial charge in [0.05, 0.1) is 11.8 Å². The smallest absolute Gasteiger partial charge is 0.307 e. The van der Waals surface area contributed by atoms with E-state index in [4.69, 9.17) is 0 Å². The number of hydrogen-bond donors (Lipinski definition) is 2. The highest BCUT2D eigenvalue weighted by Crippen LogP contribution is 2.57. The Morgan fingerprint density at radius 1 is 0.960 bits per heavy atom. The van der Waals surface area contributed by atoms with Crippen molar-refractivity contribution in [3.63, 3.8) is 0 Å². The van der Waals surface area contributed by atoms with Crippen molar-refractivity contribution in [2.24, 2.45) is 23.7 Å². The van der Waals surface area contributed by atoms with Gasteiger partial charge in [0.2, 0.25) is 5.91 Å². The first-order chi connectivity index (χ1) is 11.8. The molecule has 3 rings (SSSR count). The molecule has 4 atom stereocenters. The van der Waals surface area contributed by atoms with E-state index in [0.29, 0.717) is 11.3 Å². The number of hydrogen-bond acceptors (Lipinski definition) is 3. The number of anilines is 1. The number of rotatable bonds is 4. The molecule has 2 aliphatic carbocycles. The Hall–Kier alpha value is -2.43. The number of carbonyl (C=O) groups excluding carboxylic acids is 2. The van der Waals surface area contributed by atoms with Crippen LogP contribution in [-0.4, -0.2) is 22.8 Å². The van der Waals surface area contributed by atoms with Crippen LogP contribution in [0.1, 0.15) is 44.0 Å². The van der Waals surface area contributed by atoms with Gasteiger partial charge < -0.3 is 10.4 Å². The summed E-state index contributed by atoms with van der Waals surface area (Å²) in [7, 11) is 0. The molecule has 0 aliphatic heterocycles. The van der Waals surface area contributed by atoms with Crippen molar-refractivity contribution < 1.29 is 19.5 Å². The van der Waals surface area contributed by atoms with Gasteiger partial charge >= 0.3 is 5.97 Å². The SMILES string of the molecule is CC(=O)c1ccc(NC(=O)[C@H]2[C@@H](C(=O)O)[C@@H]3CC[C@@H]2C3=C(C)C)cc1. The summed E-state index contributed by atoms with van der Waals surface area (Å²) < 4.78 is 0. The van der Waals surface area contributed by atoms with E-state index in [1.54, 1.807) is 24.3 Å². The molecule has 5 heteroatoms. The Balaban J connectivity index is 1.84. The second-order valence-corrected chi connectivity index (χ2v) is 7.26. The first kappa shape index (κ1) is 17.4. The number of amides is 1. The third kappa shape index (κ3) is 2.99. The molecule has 25 heavy (non-hydrogen) atoms. The summed E-state index contributed by atoms with van der Waals surface area (Å²) in [5, 5.41) is 12.5. The molecule has 1 amide bonds. The molecule has 0 unspecified atom stereocenters. The fourth-order valence-corrected chi connectivity index (χ4v) is 4.62. The van der Waals surface area contributed by atoms with E-state index in [9.17, 15) is 19.5 Å². The van der Waals surface area contributed by atoms with Gasteiger partial charge in [-0.3, -0.25) is 14.4 Å². The van der Waals surface area contributed by atoms with Crippen LogP contribution in [0.3, 0.4) is 0 Å². The van der Waals surface area contributed by atoms with Crippen LogP contribution in [0.15, 0.2) is 35.4 Å². The molecule has 0 aromatic heterocycles. The molecule has 5 nitrogen and oxygen atoms in total. The zero-order chi connectivity index (χ0) is 18.3. The van der Waals surface area contributed by atoms with Crippen LogP contribution in [0.2, 0.25) is 0 Å². The number of fused-ring (bicyclic) bond motifs is 2. The van der Waals surface area contributed by atoms with Gasteiger partial charge in [-0.1, -0.05) is 11.1 Å². The highest BCUT2D eigenvalue weighted by Gasteiger charge is 2.57. The van der Waals surface area contributed by atoms with E-state index in [2.05, 4.69) is 5.32 Å². The van der Waals surface area contributed by atoms with Crippen molar-refractivity contribution in [1.82, 2.24) is 0 Å². The Labute approximate surface area is 147 Å². The molecule has 1 aromatic rings. The van der Waals surface area contributed by atoms with Crippen molar-refractivity contribution in [3.8, 4) is 0 Å². The standard InChI is InChI=1S/C20H23NO4/c1-10(2)16-14-8-9-15(16)18(20(24)25)17(14)19(23)21-13-6-4-12(5-7-13)11(3)22/h4-7,14-15,17-18H,8-9H2,1-3H3,(H,21,23)(H,24,25)/t14-,15-,17-,18+/m1/s1. The highest BCUT2D eigenvalue weighted by molar-refractivity contribution is 5.98. The fourth-order valence-electron chi connectivity index (χ4n) is 4.62. The molecule has 1 aromatic carbocycles. The van der Waals surface area contributed by atoms with Crippen molar-refractivity contribution in [2.45, 2.75) is 33.6 Å². The van der Waals surface area contributed by atoms with Crippen LogP contribution >= 0.6 is 0 Å². The number of benzene rings is 1. The van der Waals surface area contributed by atoms with Crippen LogP contribution in [0, 0.1) is 23.7 Å². The summed E-state index contributed by atoms with van der Waals surface area (Å²) in [6.07, 6.45) is 1.72. The van der Waals surface area contributed by atoms with Gasteiger partial charge in [0.15, 0.2) is 5.78 Å². The summed E-state index contributed by atoms with van der Waals surface area (Å²) in [5.41, 5.74) is 3.47. The van der Waals surface area contributed by atoms with Crippen molar-refractivity contribution in [1.29, 1.82) is 0 Å². The molecule has 2 aliphatic rings. The second kappa shape index (κ2) is 6.47. The van der Waals surface area contributed by atoms with Crippen LogP contribution < -0.4 is 5.32 Å². The summed E-state index contributed by atoms with van der Waals surface area (Å²) >= 11 is 0. The third-order valence-corrected chi connectivity index (χ3v) is 5.57. The topological polar surface area (TPSA) is 83.5 Å². The maximum atomic E-state index is 12.8. The summed E-state index contributed by atoms with van der Waals surface area (Å²) in [6, 6.07) is 6.68. The van der Waals surface area contributed by atoms with Crippen LogP contribution in [-0.2, 0) is 9.59 Å². The van der Waals surface area contributed by atoms with Crippen molar-refractivity contribution in [2.75, 3.05) is 5.32 Å².